The first kappa shape index (κ1) is 17.9. The number of hydrogen-bond donors (Lipinski definition) is 3. The number of carbonyl (C=O) groups is 1. The molecule has 4 fully saturated rings. The van der Waals surface area contributed by atoms with Crippen LogP contribution in [0.3, 0.4) is 0 Å². The first-order valence-electron chi connectivity index (χ1n) is 10.3. The number of aliphatic hydroxyl groups is 3. The maximum Gasteiger partial charge on any atom is 0.190 e. The zero-order chi connectivity index (χ0) is 18.0. The topological polar surface area (TPSA) is 77.8 Å². The lowest BCUT2D eigenvalue weighted by Gasteiger charge is -2.61. The van der Waals surface area contributed by atoms with Gasteiger partial charge in [-0.25, -0.2) is 0 Å². The third-order valence-corrected chi connectivity index (χ3v) is 9.39. The lowest BCUT2D eigenvalue weighted by Crippen LogP contribution is -2.59. The van der Waals surface area contributed by atoms with Crippen LogP contribution in [0.5, 0.6) is 0 Å². The first-order valence-corrected chi connectivity index (χ1v) is 10.3. The normalized spacial score (nSPS) is 55.2. The van der Waals surface area contributed by atoms with Crippen LogP contribution >= 0.6 is 0 Å². The molecule has 8 atom stereocenters. The number of hydrogen-bond acceptors (Lipinski definition) is 4. The third kappa shape index (κ3) is 2.26. The molecule has 4 heteroatoms. The Morgan fingerprint density at radius 3 is 2.44 bits per heavy atom. The Bertz CT molecular complexity index is 562. The SMILES string of the molecule is C[C@]12CC[C@@H](O)C[C@H]1CC[C@@H]1[C@@H]2CC[C@@]2(C)[C@H]1CC[C@]2(O)C(=O)CO. The summed E-state index contributed by atoms with van der Waals surface area (Å²) in [4.78, 5) is 12.4. The van der Waals surface area contributed by atoms with Gasteiger partial charge in [0.05, 0.1) is 6.10 Å². The summed E-state index contributed by atoms with van der Waals surface area (Å²) in [5.41, 5.74) is -1.41. The molecule has 0 aromatic rings. The minimum atomic E-state index is -1.34. The number of aliphatic hydroxyl groups excluding tert-OH is 2. The van der Waals surface area contributed by atoms with Crippen LogP contribution in [-0.2, 0) is 4.79 Å². The Labute approximate surface area is 151 Å². The molecule has 25 heavy (non-hydrogen) atoms. The molecule has 4 aliphatic carbocycles. The van der Waals surface area contributed by atoms with Gasteiger partial charge in [0.1, 0.15) is 12.2 Å². The van der Waals surface area contributed by atoms with E-state index in [1.165, 1.54) is 12.8 Å². The van der Waals surface area contributed by atoms with Crippen LogP contribution in [0.1, 0.15) is 71.6 Å². The minimum Gasteiger partial charge on any atom is -0.393 e. The van der Waals surface area contributed by atoms with Gasteiger partial charge in [0, 0.05) is 5.41 Å². The van der Waals surface area contributed by atoms with Gasteiger partial charge in [-0.05, 0) is 86.9 Å². The van der Waals surface area contributed by atoms with Gasteiger partial charge in [-0.3, -0.25) is 4.79 Å². The second-order valence-electron chi connectivity index (χ2n) is 10.0. The minimum absolute atomic E-state index is 0.123. The molecule has 142 valence electrons. The van der Waals surface area contributed by atoms with Crippen molar-refractivity contribution in [2.75, 3.05) is 6.61 Å². The van der Waals surface area contributed by atoms with Gasteiger partial charge >= 0.3 is 0 Å². The average Bonchev–Trinajstić information content (AvgIpc) is 2.87. The van der Waals surface area contributed by atoms with Gasteiger partial charge in [-0.1, -0.05) is 13.8 Å². The van der Waals surface area contributed by atoms with Crippen LogP contribution in [0.25, 0.3) is 0 Å². The molecule has 0 radical (unpaired) electrons. The molecule has 0 amide bonds. The van der Waals surface area contributed by atoms with Crippen molar-refractivity contribution in [1.82, 2.24) is 0 Å². The highest BCUT2D eigenvalue weighted by Gasteiger charge is 2.66. The van der Waals surface area contributed by atoms with Crippen molar-refractivity contribution in [3.05, 3.63) is 0 Å². The van der Waals surface area contributed by atoms with E-state index < -0.39 is 12.2 Å². The highest BCUT2D eigenvalue weighted by atomic mass is 16.3. The van der Waals surface area contributed by atoms with Gasteiger partial charge in [0.2, 0.25) is 0 Å². The van der Waals surface area contributed by atoms with E-state index in [0.717, 1.165) is 38.5 Å². The second kappa shape index (κ2) is 5.77. The molecule has 3 N–H and O–H groups in total. The van der Waals surface area contributed by atoms with Crippen molar-refractivity contribution in [2.45, 2.75) is 83.3 Å². The molecule has 0 aromatic carbocycles. The van der Waals surface area contributed by atoms with E-state index in [0.29, 0.717) is 35.5 Å². The van der Waals surface area contributed by atoms with E-state index in [2.05, 4.69) is 13.8 Å². The smallest absolute Gasteiger partial charge is 0.190 e. The summed E-state index contributed by atoms with van der Waals surface area (Å²) in [7, 11) is 0. The Hall–Kier alpha value is -0.450. The molecule has 0 heterocycles. The Balaban J connectivity index is 1.63. The molecule has 4 nitrogen and oxygen atoms in total. The number of Topliss-reactive ketones (excluding diaryl/α,β-unsaturated/α-hetero) is 1. The molecule has 0 bridgehead atoms. The zero-order valence-corrected chi connectivity index (χ0v) is 15.7. The van der Waals surface area contributed by atoms with Crippen LogP contribution in [0.15, 0.2) is 0 Å². The largest absolute Gasteiger partial charge is 0.393 e. The molecule has 4 aliphatic rings. The molecule has 0 aromatic heterocycles. The molecule has 0 unspecified atom stereocenters. The molecule has 4 saturated carbocycles. The van der Waals surface area contributed by atoms with Crippen molar-refractivity contribution in [1.29, 1.82) is 0 Å². The summed E-state index contributed by atoms with van der Waals surface area (Å²) in [6, 6.07) is 0. The Kier molecular flexibility index (Phi) is 4.14. The fourth-order valence-corrected chi connectivity index (χ4v) is 7.84. The van der Waals surface area contributed by atoms with Crippen LogP contribution in [-0.4, -0.2) is 39.4 Å². The lowest BCUT2D eigenvalue weighted by molar-refractivity contribution is -0.174. The predicted octanol–water partition coefficient (Wildman–Crippen LogP) is 2.68. The van der Waals surface area contributed by atoms with Crippen molar-refractivity contribution in [3.8, 4) is 0 Å². The summed E-state index contributed by atoms with van der Waals surface area (Å²) < 4.78 is 0. The molecular weight excluding hydrogens is 316 g/mol. The first-order chi connectivity index (χ1) is 11.8. The summed E-state index contributed by atoms with van der Waals surface area (Å²) in [5, 5.41) is 30.7. The molecule has 0 spiro atoms. The highest BCUT2D eigenvalue weighted by molar-refractivity contribution is 5.89. The van der Waals surface area contributed by atoms with Gasteiger partial charge in [-0.15, -0.1) is 0 Å². The molecule has 0 aliphatic heterocycles. The number of rotatable bonds is 2. The number of carbonyl (C=O) groups excluding carboxylic acids is 1. The Morgan fingerprint density at radius 1 is 1.00 bits per heavy atom. The number of fused-ring (bicyclic) bond motifs is 5. The summed E-state index contributed by atoms with van der Waals surface area (Å²) in [6.45, 7) is 4.00. The van der Waals surface area contributed by atoms with E-state index >= 15 is 0 Å². The van der Waals surface area contributed by atoms with E-state index in [9.17, 15) is 20.1 Å². The average molecular weight is 350 g/mol. The lowest BCUT2D eigenvalue weighted by atomic mass is 9.44. The zero-order valence-electron chi connectivity index (χ0n) is 15.7. The van der Waals surface area contributed by atoms with Crippen LogP contribution in [0.2, 0.25) is 0 Å². The monoisotopic (exact) mass is 350 g/mol. The van der Waals surface area contributed by atoms with Crippen molar-refractivity contribution in [2.24, 2.45) is 34.5 Å². The van der Waals surface area contributed by atoms with E-state index in [4.69, 9.17) is 0 Å². The van der Waals surface area contributed by atoms with E-state index in [1.807, 2.05) is 0 Å². The summed E-state index contributed by atoms with van der Waals surface area (Å²) in [6.07, 6.45) is 8.58. The van der Waals surface area contributed by atoms with Crippen molar-refractivity contribution in [3.63, 3.8) is 0 Å². The molecular formula is C21H34O4. The fraction of sp³-hybridized carbons (Fsp3) is 0.952. The van der Waals surface area contributed by atoms with Gasteiger partial charge in [-0.2, -0.15) is 0 Å². The quantitative estimate of drug-likeness (QED) is 0.715. The standard InChI is InChI=1S/C21H34O4/c1-19-8-5-14(23)11-13(19)3-4-15-16(19)6-9-20(2)17(15)7-10-21(20,25)18(24)12-22/h13-17,22-23,25H,3-12H2,1-2H3/t13-,14-,15-,16+,17+,19+,20+,21+/m1/s1. The molecule has 0 saturated heterocycles. The van der Waals surface area contributed by atoms with Crippen LogP contribution < -0.4 is 0 Å². The van der Waals surface area contributed by atoms with Crippen LogP contribution in [0.4, 0.5) is 0 Å². The third-order valence-electron chi connectivity index (χ3n) is 9.39. The maximum atomic E-state index is 12.4. The maximum absolute atomic E-state index is 12.4. The predicted molar refractivity (Wildman–Crippen MR) is 94.8 cm³/mol. The fourth-order valence-electron chi connectivity index (χ4n) is 7.84. The van der Waals surface area contributed by atoms with Crippen molar-refractivity contribution < 1.29 is 20.1 Å². The second-order valence-corrected chi connectivity index (χ2v) is 10.0. The van der Waals surface area contributed by atoms with Gasteiger partial charge in [0.25, 0.3) is 0 Å². The molecule has 4 rings (SSSR count). The number of ketones is 1. The highest BCUT2D eigenvalue weighted by Crippen LogP contribution is 2.68. The summed E-state index contributed by atoms with van der Waals surface area (Å²) >= 11 is 0. The van der Waals surface area contributed by atoms with Crippen LogP contribution in [0, 0.1) is 34.5 Å². The van der Waals surface area contributed by atoms with E-state index in [1.54, 1.807) is 0 Å². The van der Waals surface area contributed by atoms with Crippen molar-refractivity contribution >= 4 is 5.78 Å². The van der Waals surface area contributed by atoms with Gasteiger partial charge < -0.3 is 15.3 Å². The van der Waals surface area contributed by atoms with E-state index in [-0.39, 0.29) is 17.3 Å². The Morgan fingerprint density at radius 2 is 1.72 bits per heavy atom. The summed E-state index contributed by atoms with van der Waals surface area (Å²) in [5.74, 6) is 1.87. The van der Waals surface area contributed by atoms with Gasteiger partial charge in [0.15, 0.2) is 5.78 Å².